The summed E-state index contributed by atoms with van der Waals surface area (Å²) in [6.07, 6.45) is 1.15. The van der Waals surface area contributed by atoms with Crippen LogP contribution in [-0.2, 0) is 16.0 Å². The van der Waals surface area contributed by atoms with Gasteiger partial charge in [0, 0.05) is 23.3 Å². The predicted octanol–water partition coefficient (Wildman–Crippen LogP) is 5.32. The zero-order valence-electron chi connectivity index (χ0n) is 18.0. The molecular formula is C24H29ClN2O3. The van der Waals surface area contributed by atoms with Crippen molar-refractivity contribution in [3.05, 3.63) is 53.1 Å². The van der Waals surface area contributed by atoms with Gasteiger partial charge in [-0.1, -0.05) is 37.6 Å². The van der Waals surface area contributed by atoms with Crippen molar-refractivity contribution in [1.29, 1.82) is 0 Å². The number of amides is 2. The highest BCUT2D eigenvalue weighted by atomic mass is 35.5. The number of ether oxygens (including phenoxy) is 1. The van der Waals surface area contributed by atoms with E-state index in [2.05, 4.69) is 19.2 Å². The summed E-state index contributed by atoms with van der Waals surface area (Å²) in [6, 6.07) is 12.7. The van der Waals surface area contributed by atoms with Crippen LogP contribution in [0.2, 0.25) is 5.02 Å². The second kappa shape index (κ2) is 9.09. The van der Waals surface area contributed by atoms with Crippen LogP contribution in [0.1, 0.15) is 39.7 Å². The molecule has 1 aliphatic heterocycles. The van der Waals surface area contributed by atoms with Gasteiger partial charge >= 0.3 is 0 Å². The van der Waals surface area contributed by atoms with Crippen molar-refractivity contribution >= 4 is 34.8 Å². The van der Waals surface area contributed by atoms with Crippen LogP contribution < -0.4 is 15.0 Å². The van der Waals surface area contributed by atoms with E-state index >= 15 is 0 Å². The van der Waals surface area contributed by atoms with Crippen LogP contribution in [0.5, 0.6) is 5.75 Å². The van der Waals surface area contributed by atoms with E-state index in [4.69, 9.17) is 16.3 Å². The third kappa shape index (κ3) is 5.33. The fourth-order valence-electron chi connectivity index (χ4n) is 3.33. The first-order valence-electron chi connectivity index (χ1n) is 10.3. The largest absolute Gasteiger partial charge is 0.490 e. The average Bonchev–Trinajstić information content (AvgIpc) is 2.77. The second-order valence-electron chi connectivity index (χ2n) is 8.85. The van der Waals surface area contributed by atoms with Gasteiger partial charge in [-0.05, 0) is 56.0 Å². The molecule has 5 nitrogen and oxygen atoms in total. The number of hydrogen-bond acceptors (Lipinski definition) is 3. The van der Waals surface area contributed by atoms with E-state index in [1.165, 1.54) is 0 Å². The number of nitrogens with one attached hydrogen (secondary N) is 1. The van der Waals surface area contributed by atoms with Gasteiger partial charge in [0.25, 0.3) is 0 Å². The van der Waals surface area contributed by atoms with Gasteiger partial charge in [0.05, 0.1) is 17.5 Å². The number of halogens is 1. The standard InChI is InChI=1S/C24H29ClN2O3/c1-16(2)11-12-27-20-10-9-19(14-21(20)30-15-24(3,4)23(27)29)26-22(28)13-17-5-7-18(25)8-6-17/h5-10,14,16H,11-13,15H2,1-4H3,(H,26,28). The van der Waals surface area contributed by atoms with Crippen molar-refractivity contribution in [3.8, 4) is 5.75 Å². The third-order valence-corrected chi connectivity index (χ3v) is 5.41. The molecule has 1 N–H and O–H groups in total. The summed E-state index contributed by atoms with van der Waals surface area (Å²) < 4.78 is 6.00. The molecule has 0 saturated heterocycles. The maximum Gasteiger partial charge on any atom is 0.236 e. The lowest BCUT2D eigenvalue weighted by Gasteiger charge is -2.28. The van der Waals surface area contributed by atoms with Crippen LogP contribution in [0.25, 0.3) is 0 Å². The summed E-state index contributed by atoms with van der Waals surface area (Å²) in [6.45, 7) is 9.02. The molecule has 0 radical (unpaired) electrons. The Hall–Kier alpha value is -2.53. The maximum atomic E-state index is 13.1. The summed E-state index contributed by atoms with van der Waals surface area (Å²) in [5.74, 6) is 1.03. The Morgan fingerprint density at radius 2 is 1.90 bits per heavy atom. The molecule has 0 atom stereocenters. The first-order valence-corrected chi connectivity index (χ1v) is 10.7. The van der Waals surface area contributed by atoms with E-state index < -0.39 is 5.41 Å². The number of nitrogens with zero attached hydrogens (tertiary/aromatic N) is 1. The van der Waals surface area contributed by atoms with Gasteiger partial charge < -0.3 is 15.0 Å². The molecule has 0 unspecified atom stereocenters. The highest BCUT2D eigenvalue weighted by molar-refractivity contribution is 6.30. The molecule has 0 aromatic heterocycles. The van der Waals surface area contributed by atoms with E-state index in [1.54, 1.807) is 18.2 Å². The van der Waals surface area contributed by atoms with Crippen LogP contribution in [0, 0.1) is 11.3 Å². The number of carbonyl (C=O) groups is 2. The van der Waals surface area contributed by atoms with E-state index in [9.17, 15) is 9.59 Å². The molecule has 0 aliphatic carbocycles. The minimum Gasteiger partial charge on any atom is -0.490 e. The van der Waals surface area contributed by atoms with Gasteiger partial charge in [0.1, 0.15) is 12.4 Å². The normalized spacial score (nSPS) is 15.4. The quantitative estimate of drug-likeness (QED) is 0.677. The van der Waals surface area contributed by atoms with Gasteiger partial charge in [0.15, 0.2) is 0 Å². The van der Waals surface area contributed by atoms with Crippen molar-refractivity contribution in [2.45, 2.75) is 40.5 Å². The average molecular weight is 429 g/mol. The van der Waals surface area contributed by atoms with Crippen molar-refractivity contribution < 1.29 is 14.3 Å². The second-order valence-corrected chi connectivity index (χ2v) is 9.28. The molecule has 0 saturated carbocycles. The van der Waals surface area contributed by atoms with Gasteiger partial charge in [-0.25, -0.2) is 0 Å². The molecule has 30 heavy (non-hydrogen) atoms. The Kier molecular flexibility index (Phi) is 6.71. The molecule has 160 valence electrons. The Bertz CT molecular complexity index is 923. The van der Waals surface area contributed by atoms with Crippen LogP contribution >= 0.6 is 11.6 Å². The number of anilines is 2. The van der Waals surface area contributed by atoms with Gasteiger partial charge in [-0.3, -0.25) is 9.59 Å². The number of fused-ring (bicyclic) bond motifs is 1. The lowest BCUT2D eigenvalue weighted by atomic mass is 9.92. The Morgan fingerprint density at radius 1 is 1.20 bits per heavy atom. The number of rotatable bonds is 6. The number of benzene rings is 2. The van der Waals surface area contributed by atoms with E-state index in [1.807, 2.05) is 43.0 Å². The van der Waals surface area contributed by atoms with Crippen molar-refractivity contribution in [1.82, 2.24) is 0 Å². The highest BCUT2D eigenvalue weighted by Gasteiger charge is 2.37. The van der Waals surface area contributed by atoms with E-state index in [0.717, 1.165) is 17.7 Å². The Balaban J connectivity index is 1.79. The summed E-state index contributed by atoms with van der Waals surface area (Å²) >= 11 is 5.90. The van der Waals surface area contributed by atoms with E-state index in [0.29, 0.717) is 35.5 Å². The fourth-order valence-corrected chi connectivity index (χ4v) is 3.45. The summed E-state index contributed by atoms with van der Waals surface area (Å²) in [5.41, 5.74) is 1.66. The third-order valence-electron chi connectivity index (χ3n) is 5.15. The Morgan fingerprint density at radius 3 is 2.57 bits per heavy atom. The highest BCUT2D eigenvalue weighted by Crippen LogP contribution is 2.38. The van der Waals surface area contributed by atoms with E-state index in [-0.39, 0.29) is 18.2 Å². The zero-order chi connectivity index (χ0) is 21.9. The lowest BCUT2D eigenvalue weighted by molar-refractivity contribution is -0.127. The van der Waals surface area contributed by atoms with Gasteiger partial charge in [-0.15, -0.1) is 0 Å². The lowest BCUT2D eigenvalue weighted by Crippen LogP contribution is -2.42. The SMILES string of the molecule is CC(C)CCN1C(=O)C(C)(C)COc2cc(NC(=O)Cc3ccc(Cl)cc3)ccc21. The minimum absolute atomic E-state index is 0.0569. The van der Waals surface area contributed by atoms with Gasteiger partial charge in [-0.2, -0.15) is 0 Å². The molecule has 2 aromatic carbocycles. The molecule has 0 spiro atoms. The molecular weight excluding hydrogens is 400 g/mol. The summed E-state index contributed by atoms with van der Waals surface area (Å²) in [7, 11) is 0. The molecule has 6 heteroatoms. The molecule has 0 fully saturated rings. The van der Waals surface area contributed by atoms with Crippen molar-refractivity contribution in [2.75, 3.05) is 23.4 Å². The molecule has 2 aromatic rings. The first-order chi connectivity index (χ1) is 14.2. The molecule has 2 amide bonds. The smallest absolute Gasteiger partial charge is 0.236 e. The van der Waals surface area contributed by atoms with Crippen molar-refractivity contribution in [3.63, 3.8) is 0 Å². The Labute approximate surface area is 183 Å². The topological polar surface area (TPSA) is 58.6 Å². The van der Waals surface area contributed by atoms with Gasteiger partial charge in [0.2, 0.25) is 11.8 Å². The molecule has 1 aliphatic rings. The van der Waals surface area contributed by atoms with Crippen LogP contribution in [0.4, 0.5) is 11.4 Å². The summed E-state index contributed by atoms with van der Waals surface area (Å²) in [4.78, 5) is 27.4. The first kappa shape index (κ1) is 22.2. The van der Waals surface area contributed by atoms with Crippen LogP contribution in [-0.4, -0.2) is 25.0 Å². The molecule has 1 heterocycles. The maximum absolute atomic E-state index is 13.1. The summed E-state index contributed by atoms with van der Waals surface area (Å²) in [5, 5.41) is 3.56. The van der Waals surface area contributed by atoms with Crippen LogP contribution in [0.15, 0.2) is 42.5 Å². The fraction of sp³-hybridized carbons (Fsp3) is 0.417. The minimum atomic E-state index is -0.617. The predicted molar refractivity (Wildman–Crippen MR) is 121 cm³/mol. The zero-order valence-corrected chi connectivity index (χ0v) is 18.8. The molecule has 3 rings (SSSR count). The monoisotopic (exact) mass is 428 g/mol. The number of hydrogen-bond donors (Lipinski definition) is 1. The molecule has 0 bridgehead atoms. The van der Waals surface area contributed by atoms with Crippen LogP contribution in [0.3, 0.4) is 0 Å². The van der Waals surface area contributed by atoms with Crippen molar-refractivity contribution in [2.24, 2.45) is 11.3 Å². The number of carbonyl (C=O) groups excluding carboxylic acids is 2.